The first-order valence-corrected chi connectivity index (χ1v) is 13.3. The standard InChI is InChI=1S/C26H34O4S/c1-17-4-7-20(8-5-17)31(28,29)30-19-12-14-25(2)18(16-19)6-9-21-22-10-11-24(27)26(22,3)15-13-23(21)25/h4-8,19,21-23H,9-16H2,1-3H3/t19-,21+,22+,23+,25-,26+/m0/s1. The van der Waals surface area contributed by atoms with Gasteiger partial charge in [0.05, 0.1) is 11.0 Å². The molecule has 0 heterocycles. The predicted octanol–water partition coefficient (Wildman–Crippen LogP) is 5.60. The van der Waals surface area contributed by atoms with Gasteiger partial charge in [0.15, 0.2) is 0 Å². The van der Waals surface area contributed by atoms with Gasteiger partial charge in [-0.3, -0.25) is 8.98 Å². The molecule has 4 aliphatic carbocycles. The van der Waals surface area contributed by atoms with Crippen LogP contribution in [-0.4, -0.2) is 20.3 Å². The Labute approximate surface area is 186 Å². The molecular weight excluding hydrogens is 408 g/mol. The first-order chi connectivity index (χ1) is 14.6. The predicted molar refractivity (Wildman–Crippen MR) is 120 cm³/mol. The van der Waals surface area contributed by atoms with Crippen LogP contribution >= 0.6 is 0 Å². The molecule has 5 heteroatoms. The van der Waals surface area contributed by atoms with E-state index in [4.69, 9.17) is 4.18 Å². The Morgan fingerprint density at radius 1 is 0.968 bits per heavy atom. The van der Waals surface area contributed by atoms with E-state index in [9.17, 15) is 13.2 Å². The molecule has 0 aliphatic heterocycles. The van der Waals surface area contributed by atoms with Crippen LogP contribution in [0.25, 0.3) is 0 Å². The second kappa shape index (κ2) is 7.28. The number of benzene rings is 1. The van der Waals surface area contributed by atoms with E-state index in [0.29, 0.717) is 30.0 Å². The number of allylic oxidation sites excluding steroid dienone is 1. The number of hydrogen-bond donors (Lipinski definition) is 0. The van der Waals surface area contributed by atoms with Gasteiger partial charge in [-0.2, -0.15) is 8.42 Å². The van der Waals surface area contributed by atoms with Gasteiger partial charge in [-0.1, -0.05) is 43.2 Å². The average molecular weight is 443 g/mol. The Morgan fingerprint density at radius 2 is 1.65 bits per heavy atom. The third-order valence-corrected chi connectivity index (χ3v) is 10.7. The van der Waals surface area contributed by atoms with Crippen molar-refractivity contribution in [1.29, 1.82) is 0 Å². The minimum Gasteiger partial charge on any atom is -0.299 e. The molecular formula is C26H34O4S. The number of rotatable bonds is 3. The first kappa shape index (κ1) is 21.4. The number of aryl methyl sites for hydroxylation is 1. The molecule has 0 aromatic heterocycles. The quantitative estimate of drug-likeness (QED) is 0.451. The number of carbonyl (C=O) groups excluding carboxylic acids is 1. The highest BCUT2D eigenvalue weighted by molar-refractivity contribution is 7.86. The molecule has 0 saturated heterocycles. The number of hydrogen-bond acceptors (Lipinski definition) is 4. The minimum atomic E-state index is -3.75. The van der Waals surface area contributed by atoms with Crippen molar-refractivity contribution in [2.75, 3.05) is 0 Å². The normalized spacial score (nSPS) is 40.0. The van der Waals surface area contributed by atoms with Crippen molar-refractivity contribution < 1.29 is 17.4 Å². The van der Waals surface area contributed by atoms with Crippen LogP contribution < -0.4 is 0 Å². The fourth-order valence-corrected chi connectivity index (χ4v) is 8.52. The van der Waals surface area contributed by atoms with Crippen LogP contribution in [0.15, 0.2) is 40.8 Å². The van der Waals surface area contributed by atoms with Crippen LogP contribution in [0.5, 0.6) is 0 Å². The molecule has 4 nitrogen and oxygen atoms in total. The van der Waals surface area contributed by atoms with Crippen molar-refractivity contribution in [2.45, 2.75) is 83.1 Å². The molecule has 0 bridgehead atoms. The molecule has 6 atom stereocenters. The molecule has 0 spiro atoms. The molecule has 5 rings (SSSR count). The summed E-state index contributed by atoms with van der Waals surface area (Å²) in [5.74, 6) is 2.19. The molecule has 1 aromatic rings. The van der Waals surface area contributed by atoms with Crippen molar-refractivity contribution in [3.8, 4) is 0 Å². The van der Waals surface area contributed by atoms with Gasteiger partial charge in [0.25, 0.3) is 10.1 Å². The molecule has 31 heavy (non-hydrogen) atoms. The zero-order chi connectivity index (χ0) is 22.0. The maximum atomic E-state index is 12.8. The number of fused-ring (bicyclic) bond motifs is 5. The average Bonchev–Trinajstić information content (AvgIpc) is 3.03. The summed E-state index contributed by atoms with van der Waals surface area (Å²) in [4.78, 5) is 12.8. The van der Waals surface area contributed by atoms with E-state index in [0.717, 1.165) is 50.5 Å². The van der Waals surface area contributed by atoms with Crippen LogP contribution in [0.4, 0.5) is 0 Å². The molecule has 0 N–H and O–H groups in total. The van der Waals surface area contributed by atoms with Crippen molar-refractivity contribution in [2.24, 2.45) is 28.6 Å². The topological polar surface area (TPSA) is 60.4 Å². The Bertz CT molecular complexity index is 1020. The summed E-state index contributed by atoms with van der Waals surface area (Å²) in [7, 11) is -3.75. The molecule has 3 saturated carbocycles. The van der Waals surface area contributed by atoms with Crippen molar-refractivity contribution in [3.05, 3.63) is 41.5 Å². The fourth-order valence-electron chi connectivity index (χ4n) is 7.42. The lowest BCUT2D eigenvalue weighted by molar-refractivity contribution is -0.131. The lowest BCUT2D eigenvalue weighted by Crippen LogP contribution is -2.50. The Hall–Kier alpha value is -1.46. The summed E-state index contributed by atoms with van der Waals surface area (Å²) in [6.45, 7) is 6.54. The SMILES string of the molecule is Cc1ccc(S(=O)(=O)O[C@H]2CC[C@@]3(C)C(=CC[C@@H]4[C@H]5CCC(=O)[C@]5(C)CC[C@H]43)C2)cc1. The molecule has 1 aromatic carbocycles. The molecule has 0 amide bonds. The highest BCUT2D eigenvalue weighted by Crippen LogP contribution is 2.64. The van der Waals surface area contributed by atoms with Crippen LogP contribution in [0.1, 0.15) is 70.8 Å². The Balaban J connectivity index is 1.34. The van der Waals surface area contributed by atoms with E-state index in [1.54, 1.807) is 12.1 Å². The zero-order valence-corrected chi connectivity index (χ0v) is 19.7. The van der Waals surface area contributed by atoms with Gasteiger partial charge in [0, 0.05) is 11.8 Å². The lowest BCUT2D eigenvalue weighted by Gasteiger charge is -2.56. The number of Topliss-reactive ketones (excluding diaryl/α,β-unsaturated/α-hetero) is 1. The minimum absolute atomic E-state index is 0.106. The van der Waals surface area contributed by atoms with E-state index >= 15 is 0 Å². The van der Waals surface area contributed by atoms with Gasteiger partial charge >= 0.3 is 0 Å². The lowest BCUT2D eigenvalue weighted by atomic mass is 9.48. The molecule has 4 aliphatic rings. The summed E-state index contributed by atoms with van der Waals surface area (Å²) < 4.78 is 31.3. The zero-order valence-electron chi connectivity index (χ0n) is 18.9. The number of carbonyl (C=O) groups is 1. The number of ketones is 1. The Morgan fingerprint density at radius 3 is 2.39 bits per heavy atom. The summed E-state index contributed by atoms with van der Waals surface area (Å²) in [6.07, 6.45) is 9.49. The summed E-state index contributed by atoms with van der Waals surface area (Å²) in [6, 6.07) is 6.87. The second-order valence-corrected chi connectivity index (χ2v) is 12.5. The van der Waals surface area contributed by atoms with Crippen LogP contribution in [0.3, 0.4) is 0 Å². The van der Waals surface area contributed by atoms with Gasteiger partial charge in [-0.05, 0) is 87.2 Å². The summed E-state index contributed by atoms with van der Waals surface area (Å²) in [5, 5.41) is 0. The van der Waals surface area contributed by atoms with Crippen LogP contribution in [-0.2, 0) is 19.1 Å². The van der Waals surface area contributed by atoms with Crippen LogP contribution in [0, 0.1) is 35.5 Å². The maximum absolute atomic E-state index is 12.8. The second-order valence-electron chi connectivity index (χ2n) is 10.9. The van der Waals surface area contributed by atoms with Crippen molar-refractivity contribution in [1.82, 2.24) is 0 Å². The van der Waals surface area contributed by atoms with Crippen molar-refractivity contribution in [3.63, 3.8) is 0 Å². The molecule has 0 radical (unpaired) electrons. The molecule has 168 valence electrons. The van der Waals surface area contributed by atoms with E-state index < -0.39 is 10.1 Å². The fraction of sp³-hybridized carbons (Fsp3) is 0.654. The summed E-state index contributed by atoms with van der Waals surface area (Å²) >= 11 is 0. The largest absolute Gasteiger partial charge is 0.299 e. The maximum Gasteiger partial charge on any atom is 0.297 e. The van der Waals surface area contributed by atoms with E-state index in [1.165, 1.54) is 5.57 Å². The van der Waals surface area contributed by atoms with Gasteiger partial charge in [0.1, 0.15) is 5.78 Å². The van der Waals surface area contributed by atoms with E-state index in [2.05, 4.69) is 19.9 Å². The van der Waals surface area contributed by atoms with Crippen molar-refractivity contribution >= 4 is 15.9 Å². The smallest absolute Gasteiger partial charge is 0.297 e. The molecule has 0 unspecified atom stereocenters. The van der Waals surface area contributed by atoms with Crippen LogP contribution in [0.2, 0.25) is 0 Å². The molecule has 3 fully saturated rings. The highest BCUT2D eigenvalue weighted by Gasteiger charge is 2.58. The Kier molecular flexibility index (Phi) is 5.02. The van der Waals surface area contributed by atoms with E-state index in [-0.39, 0.29) is 21.8 Å². The van der Waals surface area contributed by atoms with E-state index in [1.807, 2.05) is 19.1 Å². The summed E-state index contributed by atoms with van der Waals surface area (Å²) in [5.41, 5.74) is 2.42. The van der Waals surface area contributed by atoms with Gasteiger partial charge < -0.3 is 0 Å². The van der Waals surface area contributed by atoms with Gasteiger partial charge in [-0.15, -0.1) is 0 Å². The third kappa shape index (κ3) is 3.34. The first-order valence-electron chi connectivity index (χ1n) is 11.9. The van der Waals surface area contributed by atoms with Gasteiger partial charge in [0.2, 0.25) is 0 Å². The third-order valence-electron chi connectivity index (χ3n) is 9.34. The van der Waals surface area contributed by atoms with Gasteiger partial charge in [-0.25, -0.2) is 0 Å². The highest BCUT2D eigenvalue weighted by atomic mass is 32.2. The monoisotopic (exact) mass is 442 g/mol.